The minimum absolute atomic E-state index is 0.0124. The molecular weight excluding hydrogens is 369 g/mol. The lowest BCUT2D eigenvalue weighted by Gasteiger charge is -2.38. The van der Waals surface area contributed by atoms with Gasteiger partial charge in [0.1, 0.15) is 11.9 Å². The van der Waals surface area contributed by atoms with Crippen LogP contribution in [0, 0.1) is 23.2 Å². The molecule has 5 nitrogen and oxygen atoms in total. The number of nitrogens with zero attached hydrogens (tertiary/aromatic N) is 2. The molecule has 1 spiro atoms. The molecule has 4 atom stereocenters. The molecule has 160 valence electrons. The van der Waals surface area contributed by atoms with E-state index in [1.54, 1.807) is 0 Å². The topological polar surface area (TPSA) is 44.8 Å². The average molecular weight is 404 g/mol. The van der Waals surface area contributed by atoms with Gasteiger partial charge in [-0.05, 0) is 61.9 Å². The van der Waals surface area contributed by atoms with Crippen LogP contribution in [0.2, 0.25) is 0 Å². The summed E-state index contributed by atoms with van der Waals surface area (Å²) in [6, 6.07) is 8.00. The fourth-order valence-corrected chi connectivity index (χ4v) is 5.07. The number of likely N-dealkylation sites (tertiary alicyclic amines) is 1. The SMILES string of the molecule is CC(C)COc1ccc(CN2CC3(CNC2=O)CC3C2CCN(C)CC2F)cc1. The highest BCUT2D eigenvalue weighted by Gasteiger charge is 2.61. The molecule has 0 bridgehead atoms. The van der Waals surface area contributed by atoms with Crippen molar-refractivity contribution >= 4 is 6.03 Å². The summed E-state index contributed by atoms with van der Waals surface area (Å²) in [5, 5.41) is 3.07. The molecule has 1 aromatic rings. The summed E-state index contributed by atoms with van der Waals surface area (Å²) in [7, 11) is 1.99. The van der Waals surface area contributed by atoms with Crippen molar-refractivity contribution in [3.63, 3.8) is 0 Å². The van der Waals surface area contributed by atoms with E-state index < -0.39 is 6.17 Å². The molecule has 3 fully saturated rings. The summed E-state index contributed by atoms with van der Waals surface area (Å²) in [4.78, 5) is 16.4. The number of rotatable bonds is 6. The van der Waals surface area contributed by atoms with Gasteiger partial charge in [-0.3, -0.25) is 0 Å². The van der Waals surface area contributed by atoms with Crippen LogP contribution in [0.25, 0.3) is 0 Å². The van der Waals surface area contributed by atoms with Crippen LogP contribution in [0.15, 0.2) is 24.3 Å². The molecule has 6 heteroatoms. The van der Waals surface area contributed by atoms with Gasteiger partial charge in [-0.15, -0.1) is 0 Å². The molecule has 2 heterocycles. The molecule has 0 radical (unpaired) electrons. The standard InChI is InChI=1S/C23H34FN3O2/c1-16(2)13-29-18-6-4-17(5-7-18)11-27-15-23(14-25-22(27)28)10-20(23)19-8-9-26(3)12-21(19)24/h4-7,16,19-21H,8-15H2,1-3H3,(H,25,28). The van der Waals surface area contributed by atoms with Crippen LogP contribution in [0.1, 0.15) is 32.3 Å². The largest absolute Gasteiger partial charge is 0.493 e. The van der Waals surface area contributed by atoms with Gasteiger partial charge in [0.2, 0.25) is 0 Å². The molecule has 1 N–H and O–H groups in total. The van der Waals surface area contributed by atoms with Crippen molar-refractivity contribution in [2.75, 3.05) is 39.8 Å². The van der Waals surface area contributed by atoms with Crippen molar-refractivity contribution in [3.05, 3.63) is 29.8 Å². The van der Waals surface area contributed by atoms with Gasteiger partial charge in [0, 0.05) is 31.6 Å². The van der Waals surface area contributed by atoms with Gasteiger partial charge in [0.15, 0.2) is 0 Å². The Hall–Kier alpha value is -1.82. The normalized spacial score (nSPS) is 32.5. The van der Waals surface area contributed by atoms with Gasteiger partial charge >= 0.3 is 6.03 Å². The van der Waals surface area contributed by atoms with Crippen molar-refractivity contribution in [1.82, 2.24) is 15.1 Å². The van der Waals surface area contributed by atoms with E-state index in [-0.39, 0.29) is 17.4 Å². The monoisotopic (exact) mass is 403 g/mol. The van der Waals surface area contributed by atoms with E-state index in [0.29, 0.717) is 38.1 Å². The first kappa shape index (κ1) is 20.5. The average Bonchev–Trinajstić information content (AvgIpc) is 3.37. The predicted molar refractivity (Wildman–Crippen MR) is 112 cm³/mol. The van der Waals surface area contributed by atoms with Gasteiger partial charge in [-0.1, -0.05) is 26.0 Å². The Bertz CT molecular complexity index is 725. The number of nitrogens with one attached hydrogen (secondary N) is 1. The number of halogens is 1. The highest BCUT2D eigenvalue weighted by atomic mass is 19.1. The maximum atomic E-state index is 14.6. The minimum atomic E-state index is -0.748. The number of alkyl halides is 1. The summed E-state index contributed by atoms with van der Waals surface area (Å²) in [5.41, 5.74) is 1.15. The van der Waals surface area contributed by atoms with Gasteiger partial charge in [-0.25, -0.2) is 9.18 Å². The number of hydrogen-bond acceptors (Lipinski definition) is 3. The van der Waals surface area contributed by atoms with Crippen molar-refractivity contribution < 1.29 is 13.9 Å². The van der Waals surface area contributed by atoms with Crippen molar-refractivity contribution in [2.24, 2.45) is 23.2 Å². The molecule has 1 aromatic carbocycles. The van der Waals surface area contributed by atoms with E-state index in [9.17, 15) is 9.18 Å². The molecule has 4 unspecified atom stereocenters. The van der Waals surface area contributed by atoms with Gasteiger partial charge in [-0.2, -0.15) is 0 Å². The zero-order valence-corrected chi connectivity index (χ0v) is 17.9. The highest BCUT2D eigenvalue weighted by molar-refractivity contribution is 5.75. The van der Waals surface area contributed by atoms with Crippen molar-refractivity contribution in [2.45, 2.75) is 39.4 Å². The Morgan fingerprint density at radius 3 is 2.76 bits per heavy atom. The third kappa shape index (κ3) is 4.52. The zero-order valence-electron chi connectivity index (χ0n) is 17.9. The van der Waals surface area contributed by atoms with Gasteiger partial charge in [0.25, 0.3) is 0 Å². The summed E-state index contributed by atoms with van der Waals surface area (Å²) >= 11 is 0. The van der Waals surface area contributed by atoms with Crippen LogP contribution >= 0.6 is 0 Å². The molecule has 1 saturated carbocycles. The Morgan fingerprint density at radius 1 is 1.31 bits per heavy atom. The number of ether oxygens (including phenoxy) is 1. The number of hydrogen-bond donors (Lipinski definition) is 1. The molecular formula is C23H34FN3O2. The zero-order chi connectivity index (χ0) is 20.6. The van der Waals surface area contributed by atoms with E-state index in [1.807, 2.05) is 36.2 Å². The Balaban J connectivity index is 1.36. The Labute approximate surface area is 173 Å². The van der Waals surface area contributed by atoms with E-state index in [2.05, 4.69) is 24.1 Å². The smallest absolute Gasteiger partial charge is 0.317 e. The van der Waals surface area contributed by atoms with Gasteiger partial charge in [0.05, 0.1) is 6.61 Å². The highest BCUT2D eigenvalue weighted by Crippen LogP contribution is 2.59. The van der Waals surface area contributed by atoms with E-state index in [1.165, 1.54) is 0 Å². The number of amides is 2. The molecule has 29 heavy (non-hydrogen) atoms. The first-order valence-electron chi connectivity index (χ1n) is 10.9. The van der Waals surface area contributed by atoms with Crippen LogP contribution in [0.5, 0.6) is 5.75 Å². The first-order chi connectivity index (χ1) is 13.9. The van der Waals surface area contributed by atoms with E-state index in [4.69, 9.17) is 4.74 Å². The van der Waals surface area contributed by atoms with Crippen LogP contribution in [0.3, 0.4) is 0 Å². The number of carbonyl (C=O) groups excluding carboxylic acids is 1. The lowest BCUT2D eigenvalue weighted by Crippen LogP contribution is -2.53. The molecule has 0 aromatic heterocycles. The maximum absolute atomic E-state index is 14.6. The minimum Gasteiger partial charge on any atom is -0.493 e. The lowest BCUT2D eigenvalue weighted by atomic mass is 9.85. The number of benzene rings is 1. The molecule has 2 amide bonds. The third-order valence-corrected chi connectivity index (χ3v) is 6.83. The molecule has 1 aliphatic carbocycles. The Kier molecular flexibility index (Phi) is 5.74. The van der Waals surface area contributed by atoms with Crippen molar-refractivity contribution in [1.29, 1.82) is 0 Å². The quantitative estimate of drug-likeness (QED) is 0.790. The fourth-order valence-electron chi connectivity index (χ4n) is 5.07. The lowest BCUT2D eigenvalue weighted by molar-refractivity contribution is 0.0719. The van der Waals surface area contributed by atoms with E-state index in [0.717, 1.165) is 37.2 Å². The van der Waals surface area contributed by atoms with Gasteiger partial charge < -0.3 is 19.9 Å². The first-order valence-corrected chi connectivity index (χ1v) is 10.9. The van der Waals surface area contributed by atoms with E-state index >= 15 is 0 Å². The number of carbonyl (C=O) groups is 1. The third-order valence-electron chi connectivity index (χ3n) is 6.83. The summed E-state index contributed by atoms with van der Waals surface area (Å²) in [5.74, 6) is 1.88. The Morgan fingerprint density at radius 2 is 2.07 bits per heavy atom. The van der Waals surface area contributed by atoms with Crippen LogP contribution in [0.4, 0.5) is 9.18 Å². The number of urea groups is 1. The molecule has 2 saturated heterocycles. The fraction of sp³-hybridized carbons (Fsp3) is 0.696. The number of piperidine rings is 1. The molecule has 2 aliphatic heterocycles. The summed E-state index contributed by atoms with van der Waals surface area (Å²) in [6.07, 6.45) is 1.21. The van der Waals surface area contributed by atoms with Crippen LogP contribution < -0.4 is 10.1 Å². The molecule has 4 rings (SSSR count). The second kappa shape index (κ2) is 8.13. The maximum Gasteiger partial charge on any atom is 0.317 e. The van der Waals surface area contributed by atoms with Crippen molar-refractivity contribution in [3.8, 4) is 5.75 Å². The summed E-state index contributed by atoms with van der Waals surface area (Å²) in [6.45, 7) is 8.46. The van der Waals surface area contributed by atoms with Crippen LogP contribution in [-0.4, -0.2) is 61.8 Å². The predicted octanol–water partition coefficient (Wildman–Crippen LogP) is 3.54. The second-order valence-corrected chi connectivity index (χ2v) is 9.77. The summed E-state index contributed by atoms with van der Waals surface area (Å²) < 4.78 is 20.4. The van der Waals surface area contributed by atoms with Crippen LogP contribution in [-0.2, 0) is 6.54 Å². The molecule has 3 aliphatic rings. The second-order valence-electron chi connectivity index (χ2n) is 9.77.